The normalized spacial score (nSPS) is 12.1. The molecule has 0 saturated heterocycles. The highest BCUT2D eigenvalue weighted by Gasteiger charge is 2.30. The molecule has 3 aromatic rings. The zero-order valence-corrected chi connectivity index (χ0v) is 18.1. The van der Waals surface area contributed by atoms with Crippen molar-refractivity contribution in [3.63, 3.8) is 0 Å². The minimum Gasteiger partial charge on any atom is -0.493 e. The van der Waals surface area contributed by atoms with Gasteiger partial charge in [-0.05, 0) is 24.5 Å². The van der Waals surface area contributed by atoms with Crippen molar-refractivity contribution in [3.05, 3.63) is 51.4 Å². The molecule has 9 nitrogen and oxygen atoms in total. The number of carbonyl (C=O) groups excluding carboxylic acids is 2. The Balaban J connectivity index is 1.99. The number of halogens is 2. The van der Waals surface area contributed by atoms with Gasteiger partial charge in [-0.1, -0.05) is 19.9 Å². The third-order valence-corrected chi connectivity index (χ3v) is 5.32. The molecule has 1 aromatic carbocycles. The zero-order valence-electron chi connectivity index (χ0n) is 17.3. The zero-order chi connectivity index (χ0) is 23.6. The van der Waals surface area contributed by atoms with Crippen LogP contribution >= 0.6 is 11.3 Å². The fourth-order valence-corrected chi connectivity index (χ4v) is 3.79. The largest absolute Gasteiger partial charge is 0.493 e. The fourth-order valence-electron chi connectivity index (χ4n) is 3.11. The maximum Gasteiger partial charge on any atom is 0.357 e. The van der Waals surface area contributed by atoms with E-state index >= 15 is 0 Å². The molecular formula is C20H20F2N4O5S. The van der Waals surface area contributed by atoms with E-state index in [4.69, 9.17) is 0 Å². The molecule has 0 saturated carbocycles. The second-order valence-corrected chi connectivity index (χ2v) is 8.12. The summed E-state index contributed by atoms with van der Waals surface area (Å²) < 4.78 is 33.2. The molecule has 0 aliphatic rings. The summed E-state index contributed by atoms with van der Waals surface area (Å²) >= 11 is 0.974. The number of nitrogens with zero attached hydrogens (tertiary/aromatic N) is 2. The second kappa shape index (κ2) is 9.30. The Labute approximate surface area is 184 Å². The summed E-state index contributed by atoms with van der Waals surface area (Å²) in [7, 11) is 1.19. The number of aromatic nitrogens is 3. The number of hydrogen-bond acceptors (Lipinski definition) is 7. The number of aromatic hydroxyl groups is 1. The number of hydrogen-bond donors (Lipinski definition) is 3. The highest BCUT2D eigenvalue weighted by Crippen LogP contribution is 2.33. The van der Waals surface area contributed by atoms with Crippen LogP contribution in [0.4, 0.5) is 13.9 Å². The summed E-state index contributed by atoms with van der Waals surface area (Å²) in [5.74, 6) is -4.57. The number of nitrogens with one attached hydrogen (secondary N) is 2. The van der Waals surface area contributed by atoms with Gasteiger partial charge in [-0.15, -0.1) is 11.3 Å². The van der Waals surface area contributed by atoms with E-state index < -0.39 is 41.1 Å². The maximum absolute atomic E-state index is 14.2. The number of methoxy groups -OCH3 is 1. The van der Waals surface area contributed by atoms with Crippen molar-refractivity contribution in [1.82, 2.24) is 14.5 Å². The molecule has 170 valence electrons. The fraction of sp³-hybridized carbons (Fsp3) is 0.300. The Kier molecular flexibility index (Phi) is 6.72. The van der Waals surface area contributed by atoms with Crippen LogP contribution in [0.5, 0.6) is 5.88 Å². The first-order chi connectivity index (χ1) is 15.1. The van der Waals surface area contributed by atoms with Gasteiger partial charge in [-0.25, -0.2) is 23.4 Å². The first-order valence-corrected chi connectivity index (χ1v) is 10.3. The van der Waals surface area contributed by atoms with E-state index in [1.807, 2.05) is 0 Å². The topological polar surface area (TPSA) is 126 Å². The van der Waals surface area contributed by atoms with Crippen LogP contribution in [0.15, 0.2) is 28.4 Å². The SMILES string of the molecule is COC(=O)c1csc(NC(=O)[C@H](CC(C)C)n2c(O)c(-c3cccc(F)c3F)[nH]c2=O)n1. The number of amides is 1. The number of anilines is 1. The Morgan fingerprint density at radius 3 is 2.72 bits per heavy atom. The summed E-state index contributed by atoms with van der Waals surface area (Å²) in [5, 5.41) is 14.7. The third-order valence-electron chi connectivity index (χ3n) is 4.56. The molecule has 2 aromatic heterocycles. The Bertz CT molecular complexity index is 1220. The lowest BCUT2D eigenvalue weighted by Gasteiger charge is -2.19. The van der Waals surface area contributed by atoms with Crippen molar-refractivity contribution in [1.29, 1.82) is 0 Å². The minimum atomic E-state index is -1.25. The Hall–Kier alpha value is -3.54. The molecule has 3 N–H and O–H groups in total. The number of thiazole rings is 1. The number of esters is 1. The molecule has 0 spiro atoms. The van der Waals surface area contributed by atoms with Crippen LogP contribution < -0.4 is 11.0 Å². The van der Waals surface area contributed by atoms with Crippen LogP contribution in [0, 0.1) is 17.6 Å². The minimum absolute atomic E-state index is 0.00117. The van der Waals surface area contributed by atoms with E-state index in [9.17, 15) is 28.3 Å². The van der Waals surface area contributed by atoms with Crippen LogP contribution in [-0.2, 0) is 9.53 Å². The Morgan fingerprint density at radius 2 is 2.06 bits per heavy atom. The van der Waals surface area contributed by atoms with E-state index in [1.165, 1.54) is 24.6 Å². The van der Waals surface area contributed by atoms with Crippen LogP contribution in [0.25, 0.3) is 11.3 Å². The van der Waals surface area contributed by atoms with Gasteiger partial charge in [0.25, 0.3) is 0 Å². The van der Waals surface area contributed by atoms with Gasteiger partial charge in [0.2, 0.25) is 11.8 Å². The molecule has 0 bridgehead atoms. The number of ether oxygens (including phenoxy) is 1. The van der Waals surface area contributed by atoms with Crippen molar-refractivity contribution in [2.45, 2.75) is 26.3 Å². The molecule has 1 amide bonds. The number of aromatic amines is 1. The lowest BCUT2D eigenvalue weighted by atomic mass is 10.0. The van der Waals surface area contributed by atoms with Crippen LogP contribution in [-0.4, -0.2) is 38.6 Å². The van der Waals surface area contributed by atoms with E-state index in [0.29, 0.717) is 0 Å². The predicted molar refractivity (Wildman–Crippen MR) is 113 cm³/mol. The smallest absolute Gasteiger partial charge is 0.357 e. The standard InChI is InChI=1S/C20H20F2N4O5S/c1-9(2)7-13(16(27)25-19-23-12(8-32-19)18(29)31-3)26-17(28)15(24-20(26)30)10-5-4-6-11(21)14(10)22/h4-6,8-9,13,28H,7H2,1-3H3,(H,24,30)(H,23,25,27)/t13-/m0/s1. The van der Waals surface area contributed by atoms with Gasteiger partial charge in [0, 0.05) is 10.9 Å². The van der Waals surface area contributed by atoms with E-state index in [2.05, 4.69) is 20.0 Å². The van der Waals surface area contributed by atoms with Gasteiger partial charge in [0.15, 0.2) is 22.5 Å². The highest BCUT2D eigenvalue weighted by molar-refractivity contribution is 7.14. The third kappa shape index (κ3) is 4.54. The first-order valence-electron chi connectivity index (χ1n) is 9.46. The number of carbonyl (C=O) groups is 2. The van der Waals surface area contributed by atoms with Crippen LogP contribution in [0.1, 0.15) is 36.8 Å². The van der Waals surface area contributed by atoms with Crippen molar-refractivity contribution in [2.75, 3.05) is 12.4 Å². The van der Waals surface area contributed by atoms with Gasteiger partial charge in [0.1, 0.15) is 11.7 Å². The maximum atomic E-state index is 14.2. The number of benzene rings is 1. The molecule has 0 fully saturated rings. The van der Waals surface area contributed by atoms with E-state index in [0.717, 1.165) is 22.0 Å². The van der Waals surface area contributed by atoms with Crippen molar-refractivity contribution in [3.8, 4) is 17.1 Å². The van der Waals surface area contributed by atoms with Gasteiger partial charge in [-0.3, -0.25) is 9.36 Å². The van der Waals surface area contributed by atoms with E-state index in [1.54, 1.807) is 13.8 Å². The van der Waals surface area contributed by atoms with Gasteiger partial charge in [0.05, 0.1) is 7.11 Å². The van der Waals surface area contributed by atoms with Crippen molar-refractivity contribution >= 4 is 28.3 Å². The summed E-state index contributed by atoms with van der Waals surface area (Å²) in [6.45, 7) is 3.61. The molecule has 3 rings (SSSR count). The summed E-state index contributed by atoms with van der Waals surface area (Å²) in [6.07, 6.45) is 0.136. The first kappa shape index (κ1) is 23.1. The van der Waals surface area contributed by atoms with Crippen molar-refractivity contribution in [2.24, 2.45) is 5.92 Å². The van der Waals surface area contributed by atoms with Gasteiger partial charge in [-0.2, -0.15) is 0 Å². The molecule has 32 heavy (non-hydrogen) atoms. The quantitative estimate of drug-likeness (QED) is 0.459. The molecule has 0 aliphatic heterocycles. The number of rotatable bonds is 7. The number of imidazole rings is 1. The Morgan fingerprint density at radius 1 is 1.34 bits per heavy atom. The lowest BCUT2D eigenvalue weighted by Crippen LogP contribution is -2.33. The van der Waals surface area contributed by atoms with Crippen LogP contribution in [0.2, 0.25) is 0 Å². The molecule has 0 radical (unpaired) electrons. The van der Waals surface area contributed by atoms with Crippen LogP contribution in [0.3, 0.4) is 0 Å². The summed E-state index contributed by atoms with van der Waals surface area (Å²) in [5.41, 5.74) is -1.59. The highest BCUT2D eigenvalue weighted by atomic mass is 32.1. The second-order valence-electron chi connectivity index (χ2n) is 7.26. The molecule has 0 unspecified atom stereocenters. The predicted octanol–water partition coefficient (Wildman–Crippen LogP) is 3.30. The monoisotopic (exact) mass is 466 g/mol. The molecule has 12 heteroatoms. The van der Waals surface area contributed by atoms with Gasteiger partial charge >= 0.3 is 11.7 Å². The molecular weight excluding hydrogens is 446 g/mol. The molecule has 1 atom stereocenters. The molecule has 2 heterocycles. The number of H-pyrrole nitrogens is 1. The molecule has 0 aliphatic carbocycles. The summed E-state index contributed by atoms with van der Waals surface area (Å²) in [6, 6.07) is 2.11. The summed E-state index contributed by atoms with van der Waals surface area (Å²) in [4.78, 5) is 43.4. The lowest BCUT2D eigenvalue weighted by molar-refractivity contribution is -0.119. The average Bonchev–Trinajstić information content (AvgIpc) is 3.32. The average molecular weight is 466 g/mol. The van der Waals surface area contributed by atoms with E-state index in [-0.39, 0.29) is 34.4 Å². The van der Waals surface area contributed by atoms with Crippen molar-refractivity contribution < 1.29 is 28.2 Å². The van der Waals surface area contributed by atoms with Gasteiger partial charge < -0.3 is 20.1 Å².